The molecule has 0 spiro atoms. The fourth-order valence-corrected chi connectivity index (χ4v) is 1.83. The van der Waals surface area contributed by atoms with Gasteiger partial charge in [-0.1, -0.05) is 46.2 Å². The summed E-state index contributed by atoms with van der Waals surface area (Å²) in [4.78, 5) is 8.95. The normalized spacial score (nSPS) is 12.0. The number of anilines is 1. The molecular weight excluding hydrogens is 286 g/mol. The zero-order valence-electron chi connectivity index (χ0n) is 14.1. The van der Waals surface area contributed by atoms with Crippen molar-refractivity contribution >= 4 is 17.4 Å². The predicted octanol–water partition coefficient (Wildman–Crippen LogP) is 4.21. The van der Waals surface area contributed by atoms with Gasteiger partial charge in [-0.3, -0.25) is 0 Å². The highest BCUT2D eigenvalue weighted by molar-refractivity contribution is 6.30. The van der Waals surface area contributed by atoms with E-state index in [0.717, 1.165) is 36.8 Å². The molecule has 120 valence electrons. The monoisotopic (exact) mass is 313 g/mol. The average molecular weight is 314 g/mol. The van der Waals surface area contributed by atoms with Gasteiger partial charge in [-0.2, -0.15) is 0 Å². The molecule has 0 aromatic carbocycles. The molecule has 0 radical (unpaired) electrons. The lowest BCUT2D eigenvalue weighted by Gasteiger charge is -2.19. The Balaban J connectivity index is 2.56. The smallest absolute Gasteiger partial charge is 0.137 e. The maximum atomic E-state index is 6.20. The molecule has 0 fully saturated rings. The predicted molar refractivity (Wildman–Crippen MR) is 89.2 cm³/mol. The fraction of sp³-hybridized carbons (Fsp3) is 0.750. The second kappa shape index (κ2) is 7.95. The molecule has 0 unspecified atom stereocenters. The van der Waals surface area contributed by atoms with E-state index in [9.17, 15) is 0 Å². The first-order chi connectivity index (χ1) is 9.71. The van der Waals surface area contributed by atoms with Crippen LogP contribution in [0.4, 0.5) is 5.82 Å². The van der Waals surface area contributed by atoms with E-state index in [2.05, 4.69) is 49.9 Å². The van der Waals surface area contributed by atoms with Crippen LogP contribution < -0.4 is 5.32 Å². The van der Waals surface area contributed by atoms with Crippen molar-refractivity contribution in [3.8, 4) is 0 Å². The Labute approximate surface area is 133 Å². The number of nitrogens with zero attached hydrogens (tertiary/aromatic N) is 2. The molecular formula is C16H28ClN3O. The third kappa shape index (κ3) is 6.18. The lowest BCUT2D eigenvalue weighted by molar-refractivity contribution is 0.132. The van der Waals surface area contributed by atoms with E-state index in [0.29, 0.717) is 17.7 Å². The standard InChI is InChI=1S/C16H28ClN3O/c1-11(2)7-9-21-10-8-18-14-12(3)13(17)19-15(20-14)16(4,5)6/h11H,7-10H2,1-6H3,(H,18,19,20). The van der Waals surface area contributed by atoms with Crippen LogP contribution in [-0.4, -0.2) is 29.7 Å². The molecule has 4 nitrogen and oxygen atoms in total. The van der Waals surface area contributed by atoms with Gasteiger partial charge in [-0.15, -0.1) is 0 Å². The van der Waals surface area contributed by atoms with Crippen LogP contribution in [0.15, 0.2) is 0 Å². The number of nitrogens with one attached hydrogen (secondary N) is 1. The molecule has 21 heavy (non-hydrogen) atoms. The van der Waals surface area contributed by atoms with Crippen molar-refractivity contribution in [3.63, 3.8) is 0 Å². The summed E-state index contributed by atoms with van der Waals surface area (Å²) in [6.45, 7) is 14.7. The Bertz CT molecular complexity index is 456. The van der Waals surface area contributed by atoms with Gasteiger partial charge < -0.3 is 10.1 Å². The second-order valence-electron chi connectivity index (χ2n) is 6.78. The Kier molecular flexibility index (Phi) is 6.88. The number of aromatic nitrogens is 2. The minimum Gasteiger partial charge on any atom is -0.380 e. The molecule has 1 heterocycles. The van der Waals surface area contributed by atoms with Crippen molar-refractivity contribution in [2.45, 2.75) is 53.4 Å². The van der Waals surface area contributed by atoms with Crippen LogP contribution in [0.5, 0.6) is 0 Å². The molecule has 5 heteroatoms. The van der Waals surface area contributed by atoms with Crippen LogP contribution in [0, 0.1) is 12.8 Å². The Hall–Kier alpha value is -0.870. The van der Waals surface area contributed by atoms with Gasteiger partial charge in [0.15, 0.2) is 0 Å². The van der Waals surface area contributed by atoms with Gasteiger partial charge in [-0.25, -0.2) is 9.97 Å². The van der Waals surface area contributed by atoms with Crippen LogP contribution in [0.3, 0.4) is 0 Å². The maximum Gasteiger partial charge on any atom is 0.137 e. The summed E-state index contributed by atoms with van der Waals surface area (Å²) in [6, 6.07) is 0. The minimum atomic E-state index is -0.123. The molecule has 0 atom stereocenters. The highest BCUT2D eigenvalue weighted by Gasteiger charge is 2.20. The van der Waals surface area contributed by atoms with E-state index >= 15 is 0 Å². The lowest BCUT2D eigenvalue weighted by Crippen LogP contribution is -2.19. The average Bonchev–Trinajstić information content (AvgIpc) is 2.36. The summed E-state index contributed by atoms with van der Waals surface area (Å²) in [5, 5.41) is 3.81. The van der Waals surface area contributed by atoms with Crippen molar-refractivity contribution in [2.75, 3.05) is 25.1 Å². The van der Waals surface area contributed by atoms with E-state index in [1.54, 1.807) is 0 Å². The molecule has 1 N–H and O–H groups in total. The van der Waals surface area contributed by atoms with Crippen molar-refractivity contribution in [2.24, 2.45) is 5.92 Å². The molecule has 1 aromatic rings. The Morgan fingerprint density at radius 2 is 1.86 bits per heavy atom. The van der Waals surface area contributed by atoms with Gasteiger partial charge in [0.1, 0.15) is 16.8 Å². The van der Waals surface area contributed by atoms with Crippen LogP contribution in [-0.2, 0) is 10.2 Å². The molecule has 0 amide bonds. The number of halogens is 1. The van der Waals surface area contributed by atoms with Crippen molar-refractivity contribution in [1.29, 1.82) is 0 Å². The van der Waals surface area contributed by atoms with Gasteiger partial charge in [0.2, 0.25) is 0 Å². The van der Waals surface area contributed by atoms with Gasteiger partial charge >= 0.3 is 0 Å². The van der Waals surface area contributed by atoms with Crippen molar-refractivity contribution in [3.05, 3.63) is 16.5 Å². The summed E-state index contributed by atoms with van der Waals surface area (Å²) in [5.41, 5.74) is 0.758. The maximum absolute atomic E-state index is 6.20. The summed E-state index contributed by atoms with van der Waals surface area (Å²) in [5.74, 6) is 2.23. The first kappa shape index (κ1) is 18.2. The SMILES string of the molecule is Cc1c(Cl)nc(C(C)(C)C)nc1NCCOCCC(C)C. The van der Waals surface area contributed by atoms with Gasteiger partial charge in [0, 0.05) is 24.1 Å². The van der Waals surface area contributed by atoms with Crippen LogP contribution in [0.2, 0.25) is 5.15 Å². The topological polar surface area (TPSA) is 47.0 Å². The van der Waals surface area contributed by atoms with Gasteiger partial charge in [-0.05, 0) is 19.3 Å². The summed E-state index contributed by atoms with van der Waals surface area (Å²) >= 11 is 6.20. The third-order valence-electron chi connectivity index (χ3n) is 3.14. The van der Waals surface area contributed by atoms with Crippen molar-refractivity contribution < 1.29 is 4.74 Å². The number of hydrogen-bond acceptors (Lipinski definition) is 4. The number of hydrogen-bond donors (Lipinski definition) is 1. The molecule has 0 bridgehead atoms. The van der Waals surface area contributed by atoms with Crippen LogP contribution in [0.1, 0.15) is 52.4 Å². The van der Waals surface area contributed by atoms with E-state index in [1.807, 2.05) is 6.92 Å². The number of rotatable bonds is 7. The van der Waals surface area contributed by atoms with Crippen molar-refractivity contribution in [1.82, 2.24) is 9.97 Å². The summed E-state index contributed by atoms with van der Waals surface area (Å²) in [7, 11) is 0. The Morgan fingerprint density at radius 3 is 2.43 bits per heavy atom. The van der Waals surface area contributed by atoms with Crippen LogP contribution in [0.25, 0.3) is 0 Å². The molecule has 0 aliphatic rings. The quantitative estimate of drug-likeness (QED) is 0.605. The first-order valence-corrected chi connectivity index (χ1v) is 7.96. The molecule has 0 saturated carbocycles. The van der Waals surface area contributed by atoms with Gasteiger partial charge in [0.05, 0.1) is 6.61 Å². The molecule has 1 rings (SSSR count). The number of ether oxygens (including phenoxy) is 1. The largest absolute Gasteiger partial charge is 0.380 e. The van der Waals surface area contributed by atoms with E-state index in [1.165, 1.54) is 0 Å². The summed E-state index contributed by atoms with van der Waals surface area (Å²) in [6.07, 6.45) is 1.09. The second-order valence-corrected chi connectivity index (χ2v) is 7.14. The zero-order valence-corrected chi connectivity index (χ0v) is 14.8. The molecule has 0 aliphatic carbocycles. The van der Waals surface area contributed by atoms with Gasteiger partial charge in [0.25, 0.3) is 0 Å². The van der Waals surface area contributed by atoms with Crippen LogP contribution >= 0.6 is 11.6 Å². The molecule has 0 aliphatic heterocycles. The van der Waals surface area contributed by atoms with E-state index < -0.39 is 0 Å². The highest BCUT2D eigenvalue weighted by atomic mass is 35.5. The zero-order chi connectivity index (χ0) is 16.0. The first-order valence-electron chi connectivity index (χ1n) is 7.58. The Morgan fingerprint density at radius 1 is 1.19 bits per heavy atom. The minimum absolute atomic E-state index is 0.123. The molecule has 0 saturated heterocycles. The fourth-order valence-electron chi connectivity index (χ4n) is 1.66. The van der Waals surface area contributed by atoms with E-state index in [-0.39, 0.29) is 5.41 Å². The molecule has 1 aromatic heterocycles. The highest BCUT2D eigenvalue weighted by Crippen LogP contribution is 2.25. The summed E-state index contributed by atoms with van der Waals surface area (Å²) < 4.78 is 5.59. The van der Waals surface area contributed by atoms with E-state index in [4.69, 9.17) is 16.3 Å². The third-order valence-corrected chi connectivity index (χ3v) is 3.50. The lowest BCUT2D eigenvalue weighted by atomic mass is 9.95.